The number of aromatic carboxylic acids is 1. The molecule has 0 radical (unpaired) electrons. The Kier molecular flexibility index (Phi) is 4.70. The molecular weight excluding hydrogens is 260 g/mol. The van der Waals surface area contributed by atoms with E-state index in [2.05, 4.69) is 0 Å². The van der Waals surface area contributed by atoms with Gasteiger partial charge in [0.05, 0.1) is 12.2 Å². The van der Waals surface area contributed by atoms with Crippen molar-refractivity contribution in [1.29, 1.82) is 0 Å². The number of rotatable bonds is 5. The number of hydrogen-bond acceptors (Lipinski definition) is 4. The van der Waals surface area contributed by atoms with E-state index in [0.717, 1.165) is 17.5 Å². The average molecular weight is 278 g/mol. The molecule has 0 aromatic heterocycles. The summed E-state index contributed by atoms with van der Waals surface area (Å²) in [6.07, 6.45) is 0.734. The number of carbonyl (C=O) groups excluding carboxylic acids is 1. The lowest BCUT2D eigenvalue weighted by Crippen LogP contribution is -2.38. The molecule has 108 valence electrons. The van der Waals surface area contributed by atoms with E-state index in [4.69, 9.17) is 15.6 Å². The SMILES string of the molecule is NCCOCC(=O)N1CCc2ccc(C(=O)O)cc2C1. The second-order valence-electron chi connectivity index (χ2n) is 4.70. The third kappa shape index (κ3) is 3.34. The number of carboxylic acids is 1. The molecule has 0 unspecified atom stereocenters. The van der Waals surface area contributed by atoms with Gasteiger partial charge in [-0.1, -0.05) is 6.07 Å². The van der Waals surface area contributed by atoms with Crippen LogP contribution in [0, 0.1) is 0 Å². The minimum atomic E-state index is -0.956. The smallest absolute Gasteiger partial charge is 0.335 e. The van der Waals surface area contributed by atoms with E-state index < -0.39 is 5.97 Å². The first kappa shape index (κ1) is 14.5. The summed E-state index contributed by atoms with van der Waals surface area (Å²) in [4.78, 5) is 24.6. The average Bonchev–Trinajstić information content (AvgIpc) is 2.46. The van der Waals surface area contributed by atoms with Crippen LogP contribution in [0.1, 0.15) is 21.5 Å². The molecule has 1 aliphatic heterocycles. The standard InChI is InChI=1S/C14H18N2O4/c15-4-6-20-9-13(17)16-5-3-10-1-2-11(14(18)19)7-12(10)8-16/h1-2,7H,3-6,8-9,15H2,(H,18,19). The van der Waals surface area contributed by atoms with Gasteiger partial charge in [0, 0.05) is 19.6 Å². The second-order valence-corrected chi connectivity index (χ2v) is 4.70. The Morgan fingerprint density at radius 1 is 1.35 bits per heavy atom. The van der Waals surface area contributed by atoms with E-state index >= 15 is 0 Å². The third-order valence-electron chi connectivity index (χ3n) is 3.31. The summed E-state index contributed by atoms with van der Waals surface area (Å²) in [6.45, 7) is 1.83. The van der Waals surface area contributed by atoms with Crippen LogP contribution in [0.4, 0.5) is 0 Å². The highest BCUT2D eigenvalue weighted by molar-refractivity contribution is 5.88. The fraction of sp³-hybridized carbons (Fsp3) is 0.429. The van der Waals surface area contributed by atoms with Crippen LogP contribution in [0.3, 0.4) is 0 Å². The summed E-state index contributed by atoms with van der Waals surface area (Å²) in [5.74, 6) is -1.05. The molecule has 1 aromatic rings. The minimum Gasteiger partial charge on any atom is -0.478 e. The highest BCUT2D eigenvalue weighted by Gasteiger charge is 2.21. The topological polar surface area (TPSA) is 92.9 Å². The molecule has 1 heterocycles. The van der Waals surface area contributed by atoms with E-state index in [1.807, 2.05) is 6.07 Å². The van der Waals surface area contributed by atoms with Crippen LogP contribution in [0.2, 0.25) is 0 Å². The molecule has 2 rings (SSSR count). The molecule has 0 saturated heterocycles. The zero-order valence-electron chi connectivity index (χ0n) is 11.2. The number of hydrogen-bond donors (Lipinski definition) is 2. The number of nitrogens with two attached hydrogens (primary N) is 1. The maximum absolute atomic E-state index is 11.9. The normalized spacial score (nSPS) is 13.9. The molecule has 1 amide bonds. The van der Waals surface area contributed by atoms with Gasteiger partial charge < -0.3 is 20.5 Å². The number of nitrogens with zero attached hydrogens (tertiary/aromatic N) is 1. The first-order chi connectivity index (χ1) is 9.61. The highest BCUT2D eigenvalue weighted by atomic mass is 16.5. The van der Waals surface area contributed by atoms with Gasteiger partial charge in [0.2, 0.25) is 5.91 Å². The number of fused-ring (bicyclic) bond motifs is 1. The zero-order chi connectivity index (χ0) is 14.5. The molecule has 0 spiro atoms. The van der Waals surface area contributed by atoms with Crippen LogP contribution in [-0.4, -0.2) is 48.2 Å². The zero-order valence-corrected chi connectivity index (χ0v) is 11.2. The Labute approximate surface area is 117 Å². The monoisotopic (exact) mass is 278 g/mol. The Balaban J connectivity index is 2.03. The molecule has 1 aromatic carbocycles. The van der Waals surface area contributed by atoms with E-state index in [0.29, 0.717) is 26.2 Å². The first-order valence-corrected chi connectivity index (χ1v) is 6.52. The van der Waals surface area contributed by atoms with Crippen LogP contribution in [-0.2, 0) is 22.5 Å². The van der Waals surface area contributed by atoms with Crippen LogP contribution in [0.15, 0.2) is 18.2 Å². The van der Waals surface area contributed by atoms with Crippen molar-refractivity contribution in [2.24, 2.45) is 5.73 Å². The van der Waals surface area contributed by atoms with Gasteiger partial charge in [0.1, 0.15) is 6.61 Å². The van der Waals surface area contributed by atoms with Crippen molar-refractivity contribution in [2.45, 2.75) is 13.0 Å². The van der Waals surface area contributed by atoms with Crippen LogP contribution in [0.25, 0.3) is 0 Å². The van der Waals surface area contributed by atoms with Crippen molar-refractivity contribution in [3.63, 3.8) is 0 Å². The highest BCUT2D eigenvalue weighted by Crippen LogP contribution is 2.20. The van der Waals surface area contributed by atoms with Gasteiger partial charge in [-0.15, -0.1) is 0 Å². The predicted octanol–water partition coefficient (Wildman–Crippen LogP) is 0.245. The summed E-state index contributed by atoms with van der Waals surface area (Å²) >= 11 is 0. The van der Waals surface area contributed by atoms with Crippen molar-refractivity contribution in [2.75, 3.05) is 26.3 Å². The lowest BCUT2D eigenvalue weighted by Gasteiger charge is -2.29. The molecule has 0 bridgehead atoms. The van der Waals surface area contributed by atoms with Crippen LogP contribution < -0.4 is 5.73 Å². The molecule has 1 aliphatic rings. The van der Waals surface area contributed by atoms with Crippen molar-refractivity contribution in [3.8, 4) is 0 Å². The van der Waals surface area contributed by atoms with Gasteiger partial charge in [-0.2, -0.15) is 0 Å². The molecule has 0 aliphatic carbocycles. The van der Waals surface area contributed by atoms with E-state index in [-0.39, 0.29) is 18.1 Å². The molecule has 6 heteroatoms. The summed E-state index contributed by atoms with van der Waals surface area (Å²) in [5, 5.41) is 8.99. The van der Waals surface area contributed by atoms with Gasteiger partial charge in [-0.05, 0) is 29.7 Å². The molecule has 20 heavy (non-hydrogen) atoms. The Hall–Kier alpha value is -1.92. The number of carbonyl (C=O) groups is 2. The fourth-order valence-corrected chi connectivity index (χ4v) is 2.24. The minimum absolute atomic E-state index is 0.0190. The van der Waals surface area contributed by atoms with Gasteiger partial charge in [-0.3, -0.25) is 4.79 Å². The molecule has 0 saturated carbocycles. The maximum Gasteiger partial charge on any atom is 0.335 e. The lowest BCUT2D eigenvalue weighted by molar-refractivity contribution is -0.136. The Morgan fingerprint density at radius 3 is 2.85 bits per heavy atom. The molecular formula is C14H18N2O4. The molecule has 0 fully saturated rings. The van der Waals surface area contributed by atoms with Crippen molar-refractivity contribution in [1.82, 2.24) is 4.90 Å². The summed E-state index contributed by atoms with van der Waals surface area (Å²) in [5.41, 5.74) is 7.53. The van der Waals surface area contributed by atoms with Crippen LogP contribution in [0.5, 0.6) is 0 Å². The first-order valence-electron chi connectivity index (χ1n) is 6.52. The quantitative estimate of drug-likeness (QED) is 0.753. The lowest BCUT2D eigenvalue weighted by atomic mass is 9.97. The van der Waals surface area contributed by atoms with E-state index in [1.165, 1.54) is 0 Å². The van der Waals surface area contributed by atoms with Gasteiger partial charge in [0.25, 0.3) is 0 Å². The number of carboxylic acid groups (broad SMARTS) is 1. The summed E-state index contributed by atoms with van der Waals surface area (Å²) < 4.78 is 5.14. The summed E-state index contributed by atoms with van der Waals surface area (Å²) in [6, 6.07) is 5.06. The fourth-order valence-electron chi connectivity index (χ4n) is 2.24. The molecule has 0 atom stereocenters. The van der Waals surface area contributed by atoms with Crippen LogP contribution >= 0.6 is 0 Å². The van der Waals surface area contributed by atoms with E-state index in [1.54, 1.807) is 17.0 Å². The summed E-state index contributed by atoms with van der Waals surface area (Å²) in [7, 11) is 0. The number of ether oxygens (including phenoxy) is 1. The number of amides is 1. The molecule has 3 N–H and O–H groups in total. The van der Waals surface area contributed by atoms with E-state index in [9.17, 15) is 9.59 Å². The van der Waals surface area contributed by atoms with Gasteiger partial charge in [0.15, 0.2) is 0 Å². The molecule has 6 nitrogen and oxygen atoms in total. The Morgan fingerprint density at radius 2 is 2.15 bits per heavy atom. The number of benzene rings is 1. The maximum atomic E-state index is 11.9. The van der Waals surface area contributed by atoms with Gasteiger partial charge in [-0.25, -0.2) is 4.79 Å². The van der Waals surface area contributed by atoms with Crippen molar-refractivity contribution < 1.29 is 19.4 Å². The Bertz CT molecular complexity index is 516. The predicted molar refractivity (Wildman–Crippen MR) is 72.4 cm³/mol. The van der Waals surface area contributed by atoms with Crippen molar-refractivity contribution >= 4 is 11.9 Å². The van der Waals surface area contributed by atoms with Crippen molar-refractivity contribution in [3.05, 3.63) is 34.9 Å². The second kappa shape index (κ2) is 6.49. The largest absolute Gasteiger partial charge is 0.478 e. The van der Waals surface area contributed by atoms with Gasteiger partial charge >= 0.3 is 5.97 Å². The third-order valence-corrected chi connectivity index (χ3v) is 3.31.